The number of hydrogen-bond donors (Lipinski definition) is 2. The number of pyridine rings is 1. The number of nitrogens with one attached hydrogen (secondary N) is 1. The highest BCUT2D eigenvalue weighted by molar-refractivity contribution is 7.80. The minimum atomic E-state index is 0.349. The third-order valence-electron chi connectivity index (χ3n) is 1.82. The maximum atomic E-state index is 5.57. The van der Waals surface area contributed by atoms with E-state index in [2.05, 4.69) is 10.3 Å². The number of anilines is 1. The second kappa shape index (κ2) is 6.31. The summed E-state index contributed by atoms with van der Waals surface area (Å²) >= 11 is 4.92. The highest BCUT2D eigenvalue weighted by Gasteiger charge is 2.04. The number of nitrogens with two attached hydrogens (primary N) is 1. The summed E-state index contributed by atoms with van der Waals surface area (Å²) in [5, 5.41) is 3.13. The van der Waals surface area contributed by atoms with Crippen LogP contribution in [0.2, 0.25) is 0 Å². The van der Waals surface area contributed by atoms with Crippen molar-refractivity contribution in [2.75, 3.05) is 25.1 Å². The molecule has 0 unspecified atom stereocenters. The zero-order valence-corrected chi connectivity index (χ0v) is 9.51. The lowest BCUT2D eigenvalue weighted by molar-refractivity contribution is 0.158. The Kier molecular flexibility index (Phi) is 5.00. The van der Waals surface area contributed by atoms with E-state index in [0.717, 1.165) is 5.56 Å². The molecule has 0 saturated carbocycles. The van der Waals surface area contributed by atoms with Crippen LogP contribution in [0, 0.1) is 0 Å². The fourth-order valence-electron chi connectivity index (χ4n) is 1.13. The molecule has 4 nitrogen and oxygen atoms in total. The lowest BCUT2D eigenvalue weighted by Crippen LogP contribution is -2.16. The first-order chi connectivity index (χ1) is 7.25. The molecule has 1 heterocycles. The molecule has 0 bridgehead atoms. The Morgan fingerprint density at radius 3 is 3.13 bits per heavy atom. The largest absolute Gasteiger partial charge is 0.389 e. The van der Waals surface area contributed by atoms with E-state index >= 15 is 0 Å². The van der Waals surface area contributed by atoms with Crippen molar-refractivity contribution in [3.8, 4) is 0 Å². The average molecular weight is 225 g/mol. The molecule has 0 fully saturated rings. The van der Waals surface area contributed by atoms with E-state index in [4.69, 9.17) is 22.7 Å². The summed E-state index contributed by atoms with van der Waals surface area (Å²) in [6.07, 6.45) is 1.70. The lowest BCUT2D eigenvalue weighted by atomic mass is 10.2. The van der Waals surface area contributed by atoms with Gasteiger partial charge in [0, 0.05) is 19.3 Å². The Labute approximate surface area is 94.8 Å². The summed E-state index contributed by atoms with van der Waals surface area (Å²) in [5.74, 6) is 0.713. The zero-order valence-electron chi connectivity index (χ0n) is 8.69. The van der Waals surface area contributed by atoms with Gasteiger partial charge in [0.15, 0.2) is 0 Å². The summed E-state index contributed by atoms with van der Waals surface area (Å²) in [5.41, 5.74) is 6.33. The molecule has 0 aliphatic carbocycles. The molecule has 15 heavy (non-hydrogen) atoms. The predicted molar refractivity (Wildman–Crippen MR) is 65.1 cm³/mol. The van der Waals surface area contributed by atoms with Crippen molar-refractivity contribution in [2.24, 2.45) is 5.73 Å². The SMILES string of the molecule is CCOCCNc1ncccc1C(N)=S. The van der Waals surface area contributed by atoms with Gasteiger partial charge in [-0.1, -0.05) is 12.2 Å². The molecule has 5 heteroatoms. The predicted octanol–water partition coefficient (Wildman–Crippen LogP) is 1.16. The smallest absolute Gasteiger partial charge is 0.136 e. The van der Waals surface area contributed by atoms with Crippen LogP contribution in [-0.2, 0) is 4.74 Å². The van der Waals surface area contributed by atoms with E-state index < -0.39 is 0 Å². The van der Waals surface area contributed by atoms with Gasteiger partial charge in [0.05, 0.1) is 12.2 Å². The van der Waals surface area contributed by atoms with Gasteiger partial charge < -0.3 is 15.8 Å². The molecule has 3 N–H and O–H groups in total. The van der Waals surface area contributed by atoms with E-state index in [1.807, 2.05) is 19.1 Å². The Bertz CT molecular complexity index is 330. The minimum absolute atomic E-state index is 0.349. The molecule has 1 aromatic rings. The van der Waals surface area contributed by atoms with Crippen LogP contribution in [0.1, 0.15) is 12.5 Å². The van der Waals surface area contributed by atoms with Crippen LogP contribution in [0.5, 0.6) is 0 Å². The quantitative estimate of drug-likeness (QED) is 0.562. The molecule has 0 amide bonds. The molecule has 0 saturated heterocycles. The summed E-state index contributed by atoms with van der Waals surface area (Å²) in [6.45, 7) is 4.01. The highest BCUT2D eigenvalue weighted by atomic mass is 32.1. The van der Waals surface area contributed by atoms with Crippen molar-refractivity contribution in [1.82, 2.24) is 4.98 Å². The normalized spacial score (nSPS) is 9.93. The summed E-state index contributed by atoms with van der Waals surface area (Å²) in [6, 6.07) is 3.65. The monoisotopic (exact) mass is 225 g/mol. The average Bonchev–Trinajstić information content (AvgIpc) is 2.25. The second-order valence-electron chi connectivity index (χ2n) is 2.89. The van der Waals surface area contributed by atoms with Gasteiger partial charge in [0.1, 0.15) is 10.8 Å². The molecule has 0 aliphatic heterocycles. The molecule has 1 rings (SSSR count). The van der Waals surface area contributed by atoms with Crippen LogP contribution in [0.15, 0.2) is 18.3 Å². The van der Waals surface area contributed by atoms with Gasteiger partial charge in [0.25, 0.3) is 0 Å². The van der Waals surface area contributed by atoms with Gasteiger partial charge in [-0.3, -0.25) is 0 Å². The van der Waals surface area contributed by atoms with E-state index in [9.17, 15) is 0 Å². The van der Waals surface area contributed by atoms with Crippen molar-refractivity contribution in [3.63, 3.8) is 0 Å². The summed E-state index contributed by atoms with van der Waals surface area (Å²) in [7, 11) is 0. The number of ether oxygens (including phenoxy) is 1. The number of nitrogens with zero attached hydrogens (tertiary/aromatic N) is 1. The van der Waals surface area contributed by atoms with E-state index in [0.29, 0.717) is 30.6 Å². The molecule has 0 aliphatic rings. The van der Waals surface area contributed by atoms with Crippen molar-refractivity contribution in [3.05, 3.63) is 23.9 Å². The molecule has 82 valence electrons. The fraction of sp³-hybridized carbons (Fsp3) is 0.400. The third-order valence-corrected chi connectivity index (χ3v) is 2.04. The van der Waals surface area contributed by atoms with Crippen LogP contribution in [0.4, 0.5) is 5.82 Å². The third kappa shape index (κ3) is 3.81. The number of hydrogen-bond acceptors (Lipinski definition) is 4. The van der Waals surface area contributed by atoms with Gasteiger partial charge in [-0.25, -0.2) is 4.98 Å². The van der Waals surface area contributed by atoms with E-state index in [-0.39, 0.29) is 0 Å². The minimum Gasteiger partial charge on any atom is -0.389 e. The van der Waals surface area contributed by atoms with Crippen LogP contribution < -0.4 is 11.1 Å². The maximum Gasteiger partial charge on any atom is 0.136 e. The lowest BCUT2D eigenvalue weighted by Gasteiger charge is -2.09. The van der Waals surface area contributed by atoms with Crippen molar-refractivity contribution in [1.29, 1.82) is 0 Å². The van der Waals surface area contributed by atoms with E-state index in [1.165, 1.54) is 0 Å². The topological polar surface area (TPSA) is 60.2 Å². The van der Waals surface area contributed by atoms with Crippen LogP contribution >= 0.6 is 12.2 Å². The van der Waals surface area contributed by atoms with Crippen molar-refractivity contribution < 1.29 is 4.74 Å². The molecule has 1 aromatic heterocycles. The molecule has 0 spiro atoms. The number of rotatable bonds is 6. The summed E-state index contributed by atoms with van der Waals surface area (Å²) < 4.78 is 5.20. The Morgan fingerprint density at radius 1 is 1.67 bits per heavy atom. The first-order valence-electron chi connectivity index (χ1n) is 4.82. The Morgan fingerprint density at radius 2 is 2.47 bits per heavy atom. The zero-order chi connectivity index (χ0) is 11.1. The number of aromatic nitrogens is 1. The van der Waals surface area contributed by atoms with Crippen LogP contribution in [0.3, 0.4) is 0 Å². The standard InChI is InChI=1S/C10H15N3OS/c1-2-14-7-6-13-10-8(9(11)15)4-3-5-12-10/h3-5H,2,6-7H2,1H3,(H2,11,15)(H,12,13). The molecule has 0 radical (unpaired) electrons. The van der Waals surface area contributed by atoms with Gasteiger partial charge in [-0.15, -0.1) is 0 Å². The van der Waals surface area contributed by atoms with E-state index in [1.54, 1.807) is 6.20 Å². The highest BCUT2D eigenvalue weighted by Crippen LogP contribution is 2.10. The van der Waals surface area contributed by atoms with Crippen molar-refractivity contribution in [2.45, 2.75) is 6.92 Å². The van der Waals surface area contributed by atoms with Gasteiger partial charge in [-0.05, 0) is 19.1 Å². The van der Waals surface area contributed by atoms with Gasteiger partial charge in [0.2, 0.25) is 0 Å². The maximum absolute atomic E-state index is 5.57. The molecular weight excluding hydrogens is 210 g/mol. The molecular formula is C10H15N3OS. The molecule has 0 atom stereocenters. The van der Waals surface area contributed by atoms with Crippen LogP contribution in [-0.4, -0.2) is 29.7 Å². The Balaban J connectivity index is 2.56. The van der Waals surface area contributed by atoms with Gasteiger partial charge in [-0.2, -0.15) is 0 Å². The van der Waals surface area contributed by atoms with Crippen molar-refractivity contribution >= 4 is 23.0 Å². The van der Waals surface area contributed by atoms with Gasteiger partial charge >= 0.3 is 0 Å². The fourth-order valence-corrected chi connectivity index (χ4v) is 1.30. The Hall–Kier alpha value is -1.20. The van der Waals surface area contributed by atoms with Crippen LogP contribution in [0.25, 0.3) is 0 Å². The number of thiocarbonyl (C=S) groups is 1. The second-order valence-corrected chi connectivity index (χ2v) is 3.33. The summed E-state index contributed by atoms with van der Waals surface area (Å²) in [4.78, 5) is 4.51. The molecule has 0 aromatic carbocycles. The first-order valence-corrected chi connectivity index (χ1v) is 5.23. The first kappa shape index (κ1) is 11.9.